The zero-order valence-electron chi connectivity index (χ0n) is 50.3. The second-order valence-corrected chi connectivity index (χ2v) is 29.9. The molecule has 33 heteroatoms. The summed E-state index contributed by atoms with van der Waals surface area (Å²) in [4.78, 5) is 17.0. The second-order valence-electron chi connectivity index (χ2n) is 22.3. The van der Waals surface area contributed by atoms with Crippen molar-refractivity contribution in [2.45, 2.75) is 95.6 Å². The van der Waals surface area contributed by atoms with Crippen LogP contribution in [-0.2, 0) is 89.9 Å². The van der Waals surface area contributed by atoms with E-state index in [2.05, 4.69) is 0 Å². The number of carbonyl (C=O) groups excluding carboxylic acids is 1. The highest BCUT2D eigenvalue weighted by Gasteiger charge is 2.50. The monoisotopic (exact) mass is 1400 g/mol. The molecule has 2 unspecified atom stereocenters. The minimum Gasteiger partial charge on any atom is -0.492 e. The van der Waals surface area contributed by atoms with Crippen molar-refractivity contribution >= 4 is 107 Å². The number of fused-ring (bicyclic) bond motifs is 6. The van der Waals surface area contributed by atoms with Crippen LogP contribution in [0, 0.1) is 0 Å². The Kier molecular flexibility index (Phi) is 22.4. The lowest BCUT2D eigenvalue weighted by molar-refractivity contribution is -0.441. The SMILES string of the molecule is COCCOCCOCCOCCC1(C)C(=CC=C2CCCC(C=CC3=[N+](CCOC)c4ccc5c(S(=O)(=O)O)cc(S(=O)(=O)O)cc5c4C3(C)CCCS(=O)(=O)O)=C2Cl)N(CCCC(=O)On2c(O)ccc2O)c2ccc3c(S(=O)(=O)O)cc(S(=O)(=O)O)cc3c21. The van der Waals surface area contributed by atoms with Crippen molar-refractivity contribution in [2.75, 3.05) is 90.8 Å². The molecule has 2 atom stereocenters. The van der Waals surface area contributed by atoms with Crippen molar-refractivity contribution in [1.29, 1.82) is 0 Å². The minimum absolute atomic E-state index is 0.00780. The van der Waals surface area contributed by atoms with Crippen LogP contribution in [0.15, 0.2) is 126 Å². The summed E-state index contributed by atoms with van der Waals surface area (Å²) in [6.07, 6.45) is 7.93. The topological polar surface area (TPSA) is 396 Å². The largest absolute Gasteiger partial charge is 0.492 e. The third-order valence-corrected chi connectivity index (χ3v) is 21.0. The van der Waals surface area contributed by atoms with Crippen molar-refractivity contribution in [3.8, 4) is 11.8 Å². The molecule has 5 aromatic rings. The molecule has 0 spiro atoms. The van der Waals surface area contributed by atoms with Gasteiger partial charge in [-0.3, -0.25) is 22.8 Å². The number of aromatic hydroxyl groups is 2. The van der Waals surface area contributed by atoms with E-state index in [1.54, 1.807) is 57.4 Å². The molecule has 0 bridgehead atoms. The summed E-state index contributed by atoms with van der Waals surface area (Å²) in [5.74, 6) is -2.68. The van der Waals surface area contributed by atoms with E-state index in [1.807, 2.05) is 9.48 Å². The number of benzene rings is 4. The van der Waals surface area contributed by atoms with Gasteiger partial charge >= 0.3 is 5.97 Å². The summed E-state index contributed by atoms with van der Waals surface area (Å²) in [7, 11) is -22.1. The molecule has 502 valence electrons. The molecule has 3 heterocycles. The molecule has 0 saturated carbocycles. The van der Waals surface area contributed by atoms with Gasteiger partial charge in [0.1, 0.15) is 16.4 Å². The van der Waals surface area contributed by atoms with Gasteiger partial charge in [0.25, 0.3) is 50.6 Å². The molecule has 0 radical (unpaired) electrons. The Hall–Kier alpha value is -6.18. The number of halogens is 1. The van der Waals surface area contributed by atoms with Gasteiger partial charge in [-0.25, -0.2) is 4.79 Å². The van der Waals surface area contributed by atoms with Gasteiger partial charge in [-0.15, -0.1) is 4.73 Å². The van der Waals surface area contributed by atoms with Crippen LogP contribution in [0.4, 0.5) is 11.4 Å². The molecule has 0 saturated heterocycles. The average molecular weight is 1400 g/mol. The number of methoxy groups -OCH3 is 2. The Morgan fingerprint density at radius 2 is 1.17 bits per heavy atom. The van der Waals surface area contributed by atoms with Gasteiger partial charge in [-0.2, -0.15) is 46.7 Å². The number of hydrogen-bond donors (Lipinski definition) is 7. The smallest absolute Gasteiger partial charge is 0.333 e. The summed E-state index contributed by atoms with van der Waals surface area (Å²) in [5.41, 5.74) is 0.941. The molecule has 0 fully saturated rings. The van der Waals surface area contributed by atoms with E-state index in [-0.39, 0.29) is 105 Å². The van der Waals surface area contributed by atoms with Gasteiger partial charge < -0.3 is 43.6 Å². The first kappa shape index (κ1) is 71.7. The Balaban J connectivity index is 1.26. The minimum atomic E-state index is -5.17. The molecule has 1 aliphatic carbocycles. The third kappa shape index (κ3) is 16.1. The standard InChI is InChI=1S/C59H70ClN3O24S5/c1-58(21-7-33-88(67,68)69)50(62(24-26-82-3)47-16-14-42-44(55(47)58)34-40(89(70,71)72)36-48(42)91(76,77)78)17-11-38-8-5-9-39(57(38)60)12-18-51-59(2,22-25-84-29-30-86-32-31-85-28-27-83-4)56-45-35-41(90(73,74)75)37-49(92(79,80)81)43(45)13-15-46(56)61(51)23-6-10-54(66)87-63-52(64)19-20-53(63)65/h11-20,34-37H,5-10,21-33H2,1-4H3,(H6-,64,65,67,68,69,70,71,72,73,74,75,76,77,78,79,80,81)/p+1. The molecule has 27 nitrogen and oxygen atoms in total. The molecule has 4 aromatic carbocycles. The lowest BCUT2D eigenvalue weighted by atomic mass is 9.74. The highest BCUT2D eigenvalue weighted by atomic mass is 35.5. The van der Waals surface area contributed by atoms with Gasteiger partial charge in [0, 0.05) is 96.2 Å². The van der Waals surface area contributed by atoms with Crippen molar-refractivity contribution < 1.29 is 113 Å². The van der Waals surface area contributed by atoms with Crippen LogP contribution in [0.1, 0.15) is 76.3 Å². The second kappa shape index (κ2) is 28.8. The van der Waals surface area contributed by atoms with Gasteiger partial charge in [0.15, 0.2) is 12.3 Å². The number of anilines is 1. The quantitative estimate of drug-likeness (QED) is 0.0131. The Morgan fingerprint density at radius 3 is 1.73 bits per heavy atom. The lowest BCUT2D eigenvalue weighted by Crippen LogP contribution is -2.33. The fourth-order valence-corrected chi connectivity index (χ4v) is 15.6. The van der Waals surface area contributed by atoms with E-state index >= 15 is 0 Å². The molecule has 3 aliphatic rings. The van der Waals surface area contributed by atoms with E-state index in [0.29, 0.717) is 101 Å². The van der Waals surface area contributed by atoms with Crippen LogP contribution in [0.25, 0.3) is 21.5 Å². The summed E-state index contributed by atoms with van der Waals surface area (Å²) >= 11 is 7.44. The third-order valence-electron chi connectivity index (χ3n) is 16.3. The fourth-order valence-electron chi connectivity index (χ4n) is 12.1. The predicted octanol–water partition coefficient (Wildman–Crippen LogP) is 7.21. The lowest BCUT2D eigenvalue weighted by Gasteiger charge is -2.31. The van der Waals surface area contributed by atoms with E-state index in [4.69, 9.17) is 40.1 Å². The summed E-state index contributed by atoms with van der Waals surface area (Å²) in [6.45, 7) is 5.35. The van der Waals surface area contributed by atoms with Crippen molar-refractivity contribution in [3.05, 3.63) is 118 Å². The zero-order valence-corrected chi connectivity index (χ0v) is 55.2. The van der Waals surface area contributed by atoms with Crippen LogP contribution in [-0.4, -0.2) is 182 Å². The number of carbonyl (C=O) groups is 1. The Labute approximate surface area is 537 Å². The van der Waals surface area contributed by atoms with E-state index < -0.39 is 104 Å². The maximum atomic E-state index is 13.3. The highest BCUT2D eigenvalue weighted by molar-refractivity contribution is 7.87. The fraction of sp³-hybridized carbons (Fsp3) is 0.424. The number of allylic oxidation sites excluding steroid dienone is 8. The van der Waals surface area contributed by atoms with Crippen molar-refractivity contribution in [3.63, 3.8) is 0 Å². The molecule has 7 N–H and O–H groups in total. The number of rotatable bonds is 31. The van der Waals surface area contributed by atoms with Gasteiger partial charge in [-0.05, 0) is 129 Å². The molecule has 92 heavy (non-hydrogen) atoms. The van der Waals surface area contributed by atoms with Crippen molar-refractivity contribution in [1.82, 2.24) is 4.73 Å². The Morgan fingerprint density at radius 1 is 0.620 bits per heavy atom. The first-order valence-corrected chi connectivity index (χ1v) is 36.4. The summed E-state index contributed by atoms with van der Waals surface area (Å²) < 4.78 is 209. The van der Waals surface area contributed by atoms with E-state index in [9.17, 15) is 79.9 Å². The molecule has 2 aliphatic heterocycles. The first-order valence-electron chi connectivity index (χ1n) is 28.6. The van der Waals surface area contributed by atoms with E-state index in [1.165, 1.54) is 19.2 Å². The number of aromatic nitrogens is 1. The van der Waals surface area contributed by atoms with Crippen LogP contribution in [0.2, 0.25) is 0 Å². The molecule has 1 aromatic heterocycles. The number of ether oxygens (including phenoxy) is 5. The molecule has 0 amide bonds. The first-order chi connectivity index (χ1) is 43.1. The zero-order chi connectivity index (χ0) is 67.4. The molecule has 8 rings (SSSR count). The maximum Gasteiger partial charge on any atom is 0.333 e. The summed E-state index contributed by atoms with van der Waals surface area (Å²) in [6, 6.07) is 11.5. The van der Waals surface area contributed by atoms with Crippen LogP contribution in [0.3, 0.4) is 0 Å². The van der Waals surface area contributed by atoms with Gasteiger partial charge in [0.2, 0.25) is 17.4 Å². The van der Waals surface area contributed by atoms with Gasteiger partial charge in [-0.1, -0.05) is 29.8 Å². The normalized spacial score (nSPS) is 19.2. The number of hydrogen-bond acceptors (Lipinski definition) is 20. The molecular weight excluding hydrogens is 1330 g/mol. The van der Waals surface area contributed by atoms with Crippen LogP contribution in [0.5, 0.6) is 11.8 Å². The highest BCUT2D eigenvalue weighted by Crippen LogP contribution is 2.54. The number of nitrogens with zero attached hydrogens (tertiary/aromatic N) is 3. The Bertz CT molecular complexity index is 4430. The maximum absolute atomic E-state index is 13.3. The molecular formula is C59H71ClN3O24S5+. The van der Waals surface area contributed by atoms with Crippen molar-refractivity contribution in [2.24, 2.45) is 0 Å². The van der Waals surface area contributed by atoms with Crippen LogP contribution < -0.4 is 9.74 Å². The summed E-state index contributed by atoms with van der Waals surface area (Å²) in [5, 5.41) is 20.4. The predicted molar refractivity (Wildman–Crippen MR) is 336 cm³/mol. The van der Waals surface area contributed by atoms with Gasteiger partial charge in [0.05, 0.1) is 60.6 Å². The van der Waals surface area contributed by atoms with Crippen LogP contribution >= 0.6 is 11.6 Å². The van der Waals surface area contributed by atoms with E-state index in [0.717, 1.165) is 24.3 Å². The average Bonchev–Trinajstić information content (AvgIpc) is 1.53.